The van der Waals surface area contributed by atoms with Crippen LogP contribution in [0.5, 0.6) is 0 Å². The summed E-state index contributed by atoms with van der Waals surface area (Å²) < 4.78 is 5.01. The van der Waals surface area contributed by atoms with Crippen LogP contribution in [0, 0.1) is 0 Å². The summed E-state index contributed by atoms with van der Waals surface area (Å²) in [5.74, 6) is -0.259. The summed E-state index contributed by atoms with van der Waals surface area (Å²) in [4.78, 5) is 27.7. The van der Waals surface area contributed by atoms with Crippen molar-refractivity contribution in [2.24, 2.45) is 5.73 Å². The molecule has 1 aromatic heterocycles. The van der Waals surface area contributed by atoms with Crippen molar-refractivity contribution >= 4 is 17.5 Å². The summed E-state index contributed by atoms with van der Waals surface area (Å²) in [7, 11) is 0. The monoisotopic (exact) mass is 302 g/mol. The summed E-state index contributed by atoms with van der Waals surface area (Å²) >= 11 is 0. The number of amides is 2. The minimum Gasteiger partial charge on any atom is -0.447 e. The highest BCUT2D eigenvalue weighted by molar-refractivity contribution is 6.03. The van der Waals surface area contributed by atoms with E-state index in [4.69, 9.17) is 10.2 Å². The number of benzene rings is 1. The molecule has 0 radical (unpaired) electrons. The highest BCUT2D eigenvalue weighted by atomic mass is 16.3. The molecule has 0 saturated carbocycles. The second-order valence-corrected chi connectivity index (χ2v) is 4.99. The van der Waals surface area contributed by atoms with Crippen LogP contribution in [0.4, 0.5) is 5.69 Å². The number of rotatable bonds is 5. The lowest BCUT2D eigenvalue weighted by Crippen LogP contribution is -2.30. The van der Waals surface area contributed by atoms with Gasteiger partial charge in [-0.05, 0) is 38.1 Å². The van der Waals surface area contributed by atoms with E-state index in [2.05, 4.69) is 15.6 Å². The molecule has 116 valence electrons. The van der Waals surface area contributed by atoms with E-state index >= 15 is 0 Å². The number of nitrogens with two attached hydrogens (primary N) is 1. The maximum Gasteiger partial charge on any atom is 0.277 e. The van der Waals surface area contributed by atoms with Crippen LogP contribution < -0.4 is 16.4 Å². The molecular weight excluding hydrogens is 284 g/mol. The van der Waals surface area contributed by atoms with E-state index in [1.807, 2.05) is 13.8 Å². The van der Waals surface area contributed by atoms with Gasteiger partial charge in [-0.3, -0.25) is 9.59 Å². The number of hydrogen-bond donors (Lipinski definition) is 3. The number of carbonyl (C=O) groups excluding carboxylic acids is 2. The molecule has 1 heterocycles. The van der Waals surface area contributed by atoms with Crippen LogP contribution in [0.25, 0.3) is 0 Å². The quantitative estimate of drug-likeness (QED) is 0.775. The number of carbonyl (C=O) groups is 2. The van der Waals surface area contributed by atoms with Gasteiger partial charge >= 0.3 is 0 Å². The number of nitrogens with zero attached hydrogens (tertiary/aromatic N) is 1. The topological polar surface area (TPSA) is 110 Å². The van der Waals surface area contributed by atoms with Crippen molar-refractivity contribution in [1.29, 1.82) is 0 Å². The zero-order chi connectivity index (χ0) is 16.1. The Balaban J connectivity index is 2.01. The maximum atomic E-state index is 12.0. The van der Waals surface area contributed by atoms with Crippen LogP contribution in [0.2, 0.25) is 0 Å². The first-order chi connectivity index (χ1) is 10.5. The summed E-state index contributed by atoms with van der Waals surface area (Å²) in [5.41, 5.74) is 6.61. The normalized spacial score (nSPS) is 10.5. The zero-order valence-corrected chi connectivity index (χ0v) is 12.4. The lowest BCUT2D eigenvalue weighted by atomic mass is 10.2. The van der Waals surface area contributed by atoms with Crippen molar-refractivity contribution in [2.45, 2.75) is 26.4 Å². The van der Waals surface area contributed by atoms with Gasteiger partial charge in [-0.2, -0.15) is 0 Å². The van der Waals surface area contributed by atoms with Gasteiger partial charge in [0, 0.05) is 17.3 Å². The van der Waals surface area contributed by atoms with Crippen molar-refractivity contribution < 1.29 is 14.0 Å². The molecule has 0 bridgehead atoms. The molecule has 0 fully saturated rings. The van der Waals surface area contributed by atoms with Gasteiger partial charge in [0.05, 0.1) is 6.54 Å². The minimum atomic E-state index is -0.400. The molecule has 7 heteroatoms. The first-order valence-electron chi connectivity index (χ1n) is 6.86. The van der Waals surface area contributed by atoms with Gasteiger partial charge < -0.3 is 20.8 Å². The molecule has 2 amide bonds. The van der Waals surface area contributed by atoms with Crippen molar-refractivity contribution in [3.63, 3.8) is 0 Å². The number of nitrogens with one attached hydrogen (secondary N) is 2. The highest BCUT2D eigenvalue weighted by Gasteiger charge is 2.12. The van der Waals surface area contributed by atoms with Crippen LogP contribution >= 0.6 is 0 Å². The highest BCUT2D eigenvalue weighted by Crippen LogP contribution is 2.12. The molecule has 2 rings (SSSR count). The molecule has 7 nitrogen and oxygen atoms in total. The summed E-state index contributed by atoms with van der Waals surface area (Å²) in [6.45, 7) is 3.91. The Labute approximate surface area is 127 Å². The van der Waals surface area contributed by atoms with E-state index in [1.54, 1.807) is 24.3 Å². The standard InChI is InChI=1S/C15H18N4O3/c1-9(2)17-14(20)10-3-5-11(6-4-10)18-15(21)12-8-22-13(7-16)19-12/h3-6,8-9H,7,16H2,1-2H3,(H,17,20)(H,18,21). The Hall–Kier alpha value is -2.67. The number of aromatic nitrogens is 1. The Kier molecular flexibility index (Phi) is 4.90. The van der Waals surface area contributed by atoms with Crippen molar-refractivity contribution in [2.75, 3.05) is 5.32 Å². The fraction of sp³-hybridized carbons (Fsp3) is 0.267. The molecule has 0 saturated heterocycles. The first-order valence-corrected chi connectivity index (χ1v) is 6.86. The zero-order valence-electron chi connectivity index (χ0n) is 12.4. The Morgan fingerprint density at radius 1 is 1.23 bits per heavy atom. The average Bonchev–Trinajstić information content (AvgIpc) is 2.96. The van der Waals surface area contributed by atoms with Crippen molar-refractivity contribution in [1.82, 2.24) is 10.3 Å². The van der Waals surface area contributed by atoms with Crippen molar-refractivity contribution in [3.05, 3.63) is 47.7 Å². The summed E-state index contributed by atoms with van der Waals surface area (Å²) in [5, 5.41) is 5.46. The Bertz CT molecular complexity index is 662. The molecule has 0 aliphatic heterocycles. The van der Waals surface area contributed by atoms with Gasteiger partial charge in [0.15, 0.2) is 5.69 Å². The predicted octanol–water partition coefficient (Wildman–Crippen LogP) is 1.52. The second-order valence-electron chi connectivity index (χ2n) is 4.99. The molecule has 0 aliphatic carbocycles. The van der Waals surface area contributed by atoms with Gasteiger partial charge in [0.1, 0.15) is 6.26 Å². The Morgan fingerprint density at radius 3 is 2.45 bits per heavy atom. The number of hydrogen-bond acceptors (Lipinski definition) is 5. The molecule has 0 aliphatic rings. The van der Waals surface area contributed by atoms with Gasteiger partial charge in [-0.25, -0.2) is 4.98 Å². The summed E-state index contributed by atoms with van der Waals surface area (Å²) in [6, 6.07) is 6.65. The first kappa shape index (κ1) is 15.7. The van der Waals surface area contributed by atoms with E-state index in [-0.39, 0.29) is 24.2 Å². The van der Waals surface area contributed by atoms with Crippen LogP contribution in [-0.4, -0.2) is 22.8 Å². The number of anilines is 1. The lowest BCUT2D eigenvalue weighted by Gasteiger charge is -2.09. The minimum absolute atomic E-state index is 0.0655. The van der Waals surface area contributed by atoms with Gasteiger partial charge in [0.25, 0.3) is 11.8 Å². The van der Waals surface area contributed by atoms with Crippen LogP contribution in [0.15, 0.2) is 34.9 Å². The van der Waals surface area contributed by atoms with Gasteiger partial charge in [-0.1, -0.05) is 0 Å². The molecule has 0 atom stereocenters. The van der Waals surface area contributed by atoms with Crippen LogP contribution in [0.1, 0.15) is 40.6 Å². The third kappa shape index (κ3) is 3.92. The third-order valence-electron chi connectivity index (χ3n) is 2.78. The smallest absolute Gasteiger partial charge is 0.277 e. The third-order valence-corrected chi connectivity index (χ3v) is 2.78. The molecule has 22 heavy (non-hydrogen) atoms. The van der Waals surface area contributed by atoms with Crippen LogP contribution in [0.3, 0.4) is 0 Å². The molecular formula is C15H18N4O3. The molecule has 0 spiro atoms. The molecule has 4 N–H and O–H groups in total. The van der Waals surface area contributed by atoms with E-state index < -0.39 is 5.91 Å². The fourth-order valence-electron chi connectivity index (χ4n) is 1.75. The maximum absolute atomic E-state index is 12.0. The van der Waals surface area contributed by atoms with Gasteiger partial charge in [0.2, 0.25) is 5.89 Å². The van der Waals surface area contributed by atoms with Gasteiger partial charge in [-0.15, -0.1) is 0 Å². The van der Waals surface area contributed by atoms with E-state index in [1.165, 1.54) is 6.26 Å². The van der Waals surface area contributed by atoms with Crippen molar-refractivity contribution in [3.8, 4) is 0 Å². The molecule has 0 unspecified atom stereocenters. The predicted molar refractivity (Wildman–Crippen MR) is 81.4 cm³/mol. The van der Waals surface area contributed by atoms with E-state index in [0.29, 0.717) is 17.1 Å². The SMILES string of the molecule is CC(C)NC(=O)c1ccc(NC(=O)c2coc(CN)n2)cc1. The fourth-order valence-corrected chi connectivity index (χ4v) is 1.75. The van der Waals surface area contributed by atoms with Crippen LogP contribution in [-0.2, 0) is 6.54 Å². The van der Waals surface area contributed by atoms with E-state index in [0.717, 1.165) is 0 Å². The summed E-state index contributed by atoms with van der Waals surface area (Å²) in [6.07, 6.45) is 1.25. The average molecular weight is 302 g/mol. The Morgan fingerprint density at radius 2 is 1.91 bits per heavy atom. The van der Waals surface area contributed by atoms with E-state index in [9.17, 15) is 9.59 Å². The number of oxazole rings is 1. The molecule has 1 aromatic carbocycles. The lowest BCUT2D eigenvalue weighted by molar-refractivity contribution is 0.0942. The second kappa shape index (κ2) is 6.86. The molecule has 2 aromatic rings. The largest absolute Gasteiger partial charge is 0.447 e.